The number of imidazole rings is 1. The molecule has 0 saturated carbocycles. The molecule has 100 valence electrons. The average molecular weight is 340 g/mol. The molecule has 4 nitrogen and oxygen atoms in total. The van der Waals surface area contributed by atoms with Crippen LogP contribution in [0.3, 0.4) is 0 Å². The van der Waals surface area contributed by atoms with Gasteiger partial charge in [0.15, 0.2) is 5.16 Å². The Morgan fingerprint density at radius 3 is 2.74 bits per heavy atom. The zero-order valence-electron chi connectivity index (χ0n) is 10.7. The fraction of sp³-hybridized carbons (Fsp3) is 0.231. The molecule has 6 heteroatoms. The molecule has 0 bridgehead atoms. The lowest BCUT2D eigenvalue weighted by Gasteiger charge is -2.05. The Kier molecular flexibility index (Phi) is 4.66. The topological polar surface area (TPSA) is 46.9 Å². The lowest BCUT2D eigenvalue weighted by Crippen LogP contribution is -2.20. The number of nitrogens with one attached hydrogen (secondary N) is 1. The molecule has 1 heterocycles. The second-order valence-electron chi connectivity index (χ2n) is 3.95. The molecule has 2 aromatic rings. The number of halogens is 1. The summed E-state index contributed by atoms with van der Waals surface area (Å²) in [5.74, 6) is 0.374. The molecule has 2 rings (SSSR count). The molecule has 0 spiro atoms. The van der Waals surface area contributed by atoms with Crippen molar-refractivity contribution in [2.75, 3.05) is 12.8 Å². The molecule has 1 amide bonds. The van der Waals surface area contributed by atoms with Gasteiger partial charge in [0.2, 0.25) is 5.91 Å². The van der Waals surface area contributed by atoms with Gasteiger partial charge in [-0.25, -0.2) is 4.98 Å². The van der Waals surface area contributed by atoms with Crippen molar-refractivity contribution >= 4 is 33.6 Å². The number of aromatic nitrogens is 2. The summed E-state index contributed by atoms with van der Waals surface area (Å²) in [7, 11) is 3.59. The lowest BCUT2D eigenvalue weighted by atomic mass is 10.2. The van der Waals surface area contributed by atoms with E-state index < -0.39 is 0 Å². The van der Waals surface area contributed by atoms with Gasteiger partial charge < -0.3 is 9.88 Å². The average Bonchev–Trinajstić information content (AvgIpc) is 2.78. The van der Waals surface area contributed by atoms with E-state index in [-0.39, 0.29) is 5.91 Å². The van der Waals surface area contributed by atoms with Crippen LogP contribution in [0.2, 0.25) is 0 Å². The predicted octanol–water partition coefficient (Wildman–Crippen LogP) is 2.69. The first-order chi connectivity index (χ1) is 9.11. The van der Waals surface area contributed by atoms with Gasteiger partial charge in [0.05, 0.1) is 17.6 Å². The highest BCUT2D eigenvalue weighted by molar-refractivity contribution is 9.10. The summed E-state index contributed by atoms with van der Waals surface area (Å²) < 4.78 is 3.05. The lowest BCUT2D eigenvalue weighted by molar-refractivity contribution is -0.118. The number of nitrogens with zero attached hydrogens (tertiary/aromatic N) is 2. The number of amides is 1. The molecule has 0 saturated heterocycles. The van der Waals surface area contributed by atoms with E-state index in [1.54, 1.807) is 7.05 Å². The smallest absolute Gasteiger partial charge is 0.230 e. The van der Waals surface area contributed by atoms with E-state index in [1.165, 1.54) is 11.8 Å². The largest absolute Gasteiger partial charge is 0.358 e. The van der Waals surface area contributed by atoms with Gasteiger partial charge in [-0.1, -0.05) is 39.8 Å². The van der Waals surface area contributed by atoms with Gasteiger partial charge in [-0.3, -0.25) is 4.79 Å². The first-order valence-corrected chi connectivity index (χ1v) is 7.50. The highest BCUT2D eigenvalue weighted by Crippen LogP contribution is 2.25. The molecule has 0 aliphatic rings. The van der Waals surface area contributed by atoms with Crippen molar-refractivity contribution in [1.29, 1.82) is 0 Å². The van der Waals surface area contributed by atoms with Crippen LogP contribution in [0.5, 0.6) is 0 Å². The van der Waals surface area contributed by atoms with Crippen LogP contribution in [-0.2, 0) is 11.8 Å². The Hall–Kier alpha value is -1.27. The van der Waals surface area contributed by atoms with Crippen molar-refractivity contribution in [3.8, 4) is 11.3 Å². The number of hydrogen-bond donors (Lipinski definition) is 1. The zero-order valence-corrected chi connectivity index (χ0v) is 13.1. The van der Waals surface area contributed by atoms with Crippen LogP contribution >= 0.6 is 27.7 Å². The number of benzene rings is 1. The first-order valence-electron chi connectivity index (χ1n) is 5.73. The summed E-state index contributed by atoms with van der Waals surface area (Å²) in [5, 5.41) is 3.43. The number of carbonyl (C=O) groups is 1. The van der Waals surface area contributed by atoms with Gasteiger partial charge in [0, 0.05) is 18.6 Å². The summed E-state index contributed by atoms with van der Waals surface area (Å²) in [5.41, 5.74) is 2.14. The van der Waals surface area contributed by atoms with Crippen molar-refractivity contribution in [3.63, 3.8) is 0 Å². The summed E-state index contributed by atoms with van der Waals surface area (Å²) in [6, 6.07) is 8.07. The molecule has 1 N–H and O–H groups in total. The van der Waals surface area contributed by atoms with Crippen molar-refractivity contribution in [2.24, 2.45) is 7.05 Å². The molecule has 0 fully saturated rings. The Balaban J connectivity index is 2.18. The zero-order chi connectivity index (χ0) is 13.8. The van der Waals surface area contributed by atoms with Gasteiger partial charge >= 0.3 is 0 Å². The number of carbonyl (C=O) groups excluding carboxylic acids is 1. The van der Waals surface area contributed by atoms with Gasteiger partial charge in [-0.2, -0.15) is 0 Å². The van der Waals surface area contributed by atoms with E-state index in [0.29, 0.717) is 5.75 Å². The minimum Gasteiger partial charge on any atom is -0.358 e. The quantitative estimate of drug-likeness (QED) is 0.871. The second-order valence-corrected chi connectivity index (χ2v) is 5.81. The molecule has 0 unspecified atom stereocenters. The van der Waals surface area contributed by atoms with Gasteiger partial charge in [-0.15, -0.1) is 0 Å². The Morgan fingerprint density at radius 1 is 1.42 bits per heavy atom. The Morgan fingerprint density at radius 2 is 2.11 bits per heavy atom. The minimum absolute atomic E-state index is 0.00167. The minimum atomic E-state index is -0.00167. The fourth-order valence-corrected chi connectivity index (χ4v) is 2.71. The summed E-state index contributed by atoms with van der Waals surface area (Å²) in [6.07, 6.45) is 1.83. The van der Waals surface area contributed by atoms with Crippen LogP contribution in [0.25, 0.3) is 11.3 Å². The monoisotopic (exact) mass is 339 g/mol. The van der Waals surface area contributed by atoms with E-state index in [4.69, 9.17) is 0 Å². The molecule has 1 aromatic heterocycles. The first kappa shape index (κ1) is 14.1. The van der Waals surface area contributed by atoms with Crippen molar-refractivity contribution in [1.82, 2.24) is 14.9 Å². The summed E-state index contributed by atoms with van der Waals surface area (Å²) >= 11 is 4.85. The number of hydrogen-bond acceptors (Lipinski definition) is 3. The maximum atomic E-state index is 11.2. The SMILES string of the molecule is CNC(=O)CSc1ncc(-c2ccc(Br)cc2)n1C. The predicted molar refractivity (Wildman–Crippen MR) is 81.1 cm³/mol. The summed E-state index contributed by atoms with van der Waals surface area (Å²) in [6.45, 7) is 0. The van der Waals surface area contributed by atoms with Crippen molar-refractivity contribution in [3.05, 3.63) is 34.9 Å². The third-order valence-corrected chi connectivity index (χ3v) is 4.27. The number of rotatable bonds is 4. The van der Waals surface area contributed by atoms with Gasteiger partial charge in [-0.05, 0) is 17.7 Å². The molecule has 1 aromatic carbocycles. The normalized spacial score (nSPS) is 10.5. The fourth-order valence-electron chi connectivity index (χ4n) is 1.62. The van der Waals surface area contributed by atoms with E-state index >= 15 is 0 Å². The standard InChI is InChI=1S/C13H14BrN3OS/c1-15-12(18)8-19-13-16-7-11(17(13)2)9-3-5-10(14)6-4-9/h3-7H,8H2,1-2H3,(H,15,18). The van der Waals surface area contributed by atoms with Crippen LogP contribution in [0, 0.1) is 0 Å². The second kappa shape index (κ2) is 6.25. The Bertz CT molecular complexity index is 580. The van der Waals surface area contributed by atoms with E-state index in [9.17, 15) is 4.79 Å². The highest BCUT2D eigenvalue weighted by atomic mass is 79.9. The molecule has 0 aliphatic carbocycles. The molecule has 19 heavy (non-hydrogen) atoms. The maximum absolute atomic E-state index is 11.2. The van der Waals surface area contributed by atoms with Crippen LogP contribution < -0.4 is 5.32 Å². The van der Waals surface area contributed by atoms with E-state index in [2.05, 4.69) is 26.2 Å². The van der Waals surface area contributed by atoms with Gasteiger partial charge in [0.25, 0.3) is 0 Å². The van der Waals surface area contributed by atoms with Gasteiger partial charge in [0.1, 0.15) is 0 Å². The van der Waals surface area contributed by atoms with E-state index in [1.807, 2.05) is 42.1 Å². The van der Waals surface area contributed by atoms with E-state index in [0.717, 1.165) is 20.9 Å². The third kappa shape index (κ3) is 3.39. The van der Waals surface area contributed by atoms with Crippen molar-refractivity contribution in [2.45, 2.75) is 5.16 Å². The van der Waals surface area contributed by atoms with Crippen LogP contribution in [-0.4, -0.2) is 28.3 Å². The molecular formula is C13H14BrN3OS. The molecule has 0 radical (unpaired) electrons. The third-order valence-electron chi connectivity index (χ3n) is 2.70. The van der Waals surface area contributed by atoms with Crippen molar-refractivity contribution < 1.29 is 4.79 Å². The number of thioether (sulfide) groups is 1. The highest BCUT2D eigenvalue weighted by Gasteiger charge is 2.10. The maximum Gasteiger partial charge on any atom is 0.230 e. The molecule has 0 atom stereocenters. The molecule has 0 aliphatic heterocycles. The van der Waals surface area contributed by atoms with Crippen LogP contribution in [0.1, 0.15) is 0 Å². The van der Waals surface area contributed by atoms with Crippen LogP contribution in [0.4, 0.5) is 0 Å². The molecular weight excluding hydrogens is 326 g/mol. The van der Waals surface area contributed by atoms with Crippen LogP contribution in [0.15, 0.2) is 40.1 Å². The Labute approximate surface area is 124 Å². The summed E-state index contributed by atoms with van der Waals surface area (Å²) in [4.78, 5) is 15.6.